The number of hydrogen-bond donors (Lipinski definition) is 2. The average Bonchev–Trinajstić information content (AvgIpc) is 2.97. The van der Waals surface area contributed by atoms with Gasteiger partial charge in [-0.3, -0.25) is 10.00 Å². The van der Waals surface area contributed by atoms with Crippen LogP contribution in [0, 0.1) is 11.8 Å². The minimum Gasteiger partial charge on any atom is -0.327 e. The van der Waals surface area contributed by atoms with Crippen molar-refractivity contribution in [2.75, 3.05) is 13.1 Å². The van der Waals surface area contributed by atoms with Crippen LogP contribution >= 0.6 is 0 Å². The minimum absolute atomic E-state index is 0.252. The van der Waals surface area contributed by atoms with Crippen molar-refractivity contribution in [3.63, 3.8) is 0 Å². The standard InChI is InChI=1S/C12H17F3N4/c13-12(14,15)11-3-8(17-18-11)5-19-4-7-1-2-10(16)9(7)6-19/h3,7,9-10H,1-2,4-6,16H2,(H,17,18). The van der Waals surface area contributed by atoms with E-state index in [4.69, 9.17) is 5.73 Å². The molecule has 0 bridgehead atoms. The van der Waals surface area contributed by atoms with Gasteiger partial charge in [-0.25, -0.2) is 0 Å². The van der Waals surface area contributed by atoms with Crippen LogP contribution in [0.25, 0.3) is 0 Å². The van der Waals surface area contributed by atoms with Crippen molar-refractivity contribution in [1.82, 2.24) is 15.1 Å². The normalized spacial score (nSPS) is 31.9. The SMILES string of the molecule is NC1CCC2CN(Cc3cc(C(F)(F)F)n[nH]3)CC12. The molecule has 1 saturated heterocycles. The lowest BCUT2D eigenvalue weighted by molar-refractivity contribution is -0.141. The monoisotopic (exact) mass is 274 g/mol. The Morgan fingerprint density at radius 3 is 2.79 bits per heavy atom. The number of H-pyrrole nitrogens is 1. The van der Waals surface area contributed by atoms with Crippen LogP contribution in [-0.2, 0) is 12.7 Å². The first kappa shape index (κ1) is 12.9. The number of likely N-dealkylation sites (tertiary alicyclic amines) is 1. The van der Waals surface area contributed by atoms with Gasteiger partial charge in [-0.2, -0.15) is 18.3 Å². The Hall–Kier alpha value is -1.08. The maximum absolute atomic E-state index is 12.4. The first-order valence-corrected chi connectivity index (χ1v) is 6.53. The maximum atomic E-state index is 12.4. The van der Waals surface area contributed by atoms with Gasteiger partial charge in [-0.15, -0.1) is 0 Å². The van der Waals surface area contributed by atoms with E-state index >= 15 is 0 Å². The maximum Gasteiger partial charge on any atom is 0.435 e. The molecule has 3 N–H and O–H groups in total. The second-order valence-corrected chi connectivity index (χ2v) is 5.64. The van der Waals surface area contributed by atoms with Crippen molar-refractivity contribution in [3.8, 4) is 0 Å². The van der Waals surface area contributed by atoms with Crippen molar-refractivity contribution in [2.24, 2.45) is 17.6 Å². The molecule has 0 radical (unpaired) electrons. The number of fused-ring (bicyclic) bond motifs is 1. The molecule has 0 spiro atoms. The van der Waals surface area contributed by atoms with E-state index in [1.54, 1.807) is 0 Å². The Balaban J connectivity index is 1.62. The van der Waals surface area contributed by atoms with Gasteiger partial charge in [0.15, 0.2) is 5.69 Å². The van der Waals surface area contributed by atoms with Crippen molar-refractivity contribution in [3.05, 3.63) is 17.5 Å². The lowest BCUT2D eigenvalue weighted by Crippen LogP contribution is -2.30. The topological polar surface area (TPSA) is 57.9 Å². The molecule has 7 heteroatoms. The number of nitrogens with two attached hydrogens (primary N) is 1. The highest BCUT2D eigenvalue weighted by Crippen LogP contribution is 2.37. The number of nitrogens with one attached hydrogen (secondary N) is 1. The molecule has 106 valence electrons. The highest BCUT2D eigenvalue weighted by molar-refractivity contribution is 5.12. The summed E-state index contributed by atoms with van der Waals surface area (Å²) in [5, 5.41) is 5.79. The Labute approximate surface area is 109 Å². The van der Waals surface area contributed by atoms with E-state index in [0.29, 0.717) is 24.1 Å². The van der Waals surface area contributed by atoms with Crippen LogP contribution in [0.15, 0.2) is 6.07 Å². The summed E-state index contributed by atoms with van der Waals surface area (Å²) in [6, 6.07) is 1.34. The Kier molecular flexibility index (Phi) is 3.05. The van der Waals surface area contributed by atoms with Crippen LogP contribution in [0.1, 0.15) is 24.2 Å². The van der Waals surface area contributed by atoms with Crippen molar-refractivity contribution < 1.29 is 13.2 Å². The molecular weight excluding hydrogens is 257 g/mol. The highest BCUT2D eigenvalue weighted by Gasteiger charge is 2.41. The zero-order valence-electron chi connectivity index (χ0n) is 10.5. The van der Waals surface area contributed by atoms with Crippen LogP contribution in [0.2, 0.25) is 0 Å². The zero-order chi connectivity index (χ0) is 13.6. The quantitative estimate of drug-likeness (QED) is 0.861. The van der Waals surface area contributed by atoms with Crippen LogP contribution < -0.4 is 5.73 Å². The molecule has 3 atom stereocenters. The predicted octanol–water partition coefficient (Wildman–Crippen LogP) is 1.60. The molecule has 2 fully saturated rings. The molecule has 1 saturated carbocycles. The summed E-state index contributed by atoms with van der Waals surface area (Å²) in [5.74, 6) is 1.12. The van der Waals surface area contributed by atoms with Crippen LogP contribution in [0.4, 0.5) is 13.2 Å². The van der Waals surface area contributed by atoms with E-state index in [2.05, 4.69) is 15.1 Å². The molecule has 2 heterocycles. The largest absolute Gasteiger partial charge is 0.435 e. The number of aromatic nitrogens is 2. The third-order valence-electron chi connectivity index (χ3n) is 4.30. The molecule has 4 nitrogen and oxygen atoms in total. The van der Waals surface area contributed by atoms with Gasteiger partial charge in [-0.1, -0.05) is 0 Å². The highest BCUT2D eigenvalue weighted by atomic mass is 19.4. The summed E-state index contributed by atoms with van der Waals surface area (Å²) in [4.78, 5) is 2.17. The molecule has 1 aromatic rings. The van der Waals surface area contributed by atoms with E-state index in [1.165, 1.54) is 0 Å². The van der Waals surface area contributed by atoms with Crippen molar-refractivity contribution >= 4 is 0 Å². The number of aromatic amines is 1. The lowest BCUT2D eigenvalue weighted by Gasteiger charge is -2.17. The average molecular weight is 274 g/mol. The van der Waals surface area contributed by atoms with Gasteiger partial charge in [0.1, 0.15) is 0 Å². The molecule has 3 rings (SSSR count). The van der Waals surface area contributed by atoms with Gasteiger partial charge in [0.25, 0.3) is 0 Å². The molecule has 1 aliphatic heterocycles. The van der Waals surface area contributed by atoms with Gasteiger partial charge < -0.3 is 5.73 Å². The third kappa shape index (κ3) is 2.49. The molecule has 2 aliphatic rings. The molecule has 1 aromatic heterocycles. The van der Waals surface area contributed by atoms with Crippen LogP contribution in [-0.4, -0.2) is 34.2 Å². The molecule has 0 amide bonds. The van der Waals surface area contributed by atoms with Gasteiger partial charge in [0.2, 0.25) is 0 Å². The molecule has 0 aromatic carbocycles. The Morgan fingerprint density at radius 2 is 2.16 bits per heavy atom. The molecular formula is C12H17F3N4. The number of nitrogens with zero attached hydrogens (tertiary/aromatic N) is 2. The van der Waals surface area contributed by atoms with Gasteiger partial charge in [0, 0.05) is 31.4 Å². The summed E-state index contributed by atoms with van der Waals surface area (Å²) in [5.41, 5.74) is 5.71. The summed E-state index contributed by atoms with van der Waals surface area (Å²) >= 11 is 0. The summed E-state index contributed by atoms with van der Waals surface area (Å²) < 4.78 is 37.3. The minimum atomic E-state index is -4.38. The summed E-state index contributed by atoms with van der Waals surface area (Å²) in [6.45, 7) is 2.30. The van der Waals surface area contributed by atoms with Crippen molar-refractivity contribution in [2.45, 2.75) is 31.6 Å². The molecule has 1 aliphatic carbocycles. The number of halogens is 3. The second-order valence-electron chi connectivity index (χ2n) is 5.64. The van der Waals surface area contributed by atoms with Gasteiger partial charge in [-0.05, 0) is 30.7 Å². The fourth-order valence-corrected chi connectivity index (χ4v) is 3.36. The Bertz CT molecular complexity index is 456. The summed E-state index contributed by atoms with van der Waals surface area (Å²) in [7, 11) is 0. The van der Waals surface area contributed by atoms with E-state index in [0.717, 1.165) is 32.0 Å². The van der Waals surface area contributed by atoms with E-state index < -0.39 is 11.9 Å². The molecule has 19 heavy (non-hydrogen) atoms. The third-order valence-corrected chi connectivity index (χ3v) is 4.30. The summed E-state index contributed by atoms with van der Waals surface area (Å²) in [6.07, 6.45) is -2.16. The lowest BCUT2D eigenvalue weighted by atomic mass is 9.98. The fourth-order valence-electron chi connectivity index (χ4n) is 3.36. The van der Waals surface area contributed by atoms with E-state index in [-0.39, 0.29) is 6.04 Å². The number of rotatable bonds is 2. The van der Waals surface area contributed by atoms with E-state index in [9.17, 15) is 13.2 Å². The van der Waals surface area contributed by atoms with Gasteiger partial charge in [0.05, 0.1) is 0 Å². The predicted molar refractivity (Wildman–Crippen MR) is 63.1 cm³/mol. The van der Waals surface area contributed by atoms with Crippen molar-refractivity contribution in [1.29, 1.82) is 0 Å². The smallest absolute Gasteiger partial charge is 0.327 e. The fraction of sp³-hybridized carbons (Fsp3) is 0.750. The first-order valence-electron chi connectivity index (χ1n) is 6.53. The van der Waals surface area contributed by atoms with Gasteiger partial charge >= 0.3 is 6.18 Å². The second kappa shape index (κ2) is 4.49. The first-order chi connectivity index (χ1) is 8.93. The van der Waals surface area contributed by atoms with E-state index in [1.807, 2.05) is 0 Å². The molecule has 3 unspecified atom stereocenters. The van der Waals surface area contributed by atoms with Crippen LogP contribution in [0.3, 0.4) is 0 Å². The number of hydrogen-bond acceptors (Lipinski definition) is 3. The van der Waals surface area contributed by atoms with Crippen LogP contribution in [0.5, 0.6) is 0 Å². The Morgan fingerprint density at radius 1 is 1.37 bits per heavy atom. The number of alkyl halides is 3. The zero-order valence-corrected chi connectivity index (χ0v) is 10.5.